The lowest BCUT2D eigenvalue weighted by atomic mass is 9.79. The molecule has 1 aliphatic heterocycles. The number of allylic oxidation sites excluding steroid dienone is 1. The molecule has 0 aromatic carbocycles. The maximum atomic E-state index is 5.30. The first-order valence-corrected chi connectivity index (χ1v) is 3.76. The summed E-state index contributed by atoms with van der Waals surface area (Å²) in [4.78, 5) is 4.10. The summed E-state index contributed by atoms with van der Waals surface area (Å²) in [6, 6.07) is 0. The van der Waals surface area contributed by atoms with Crippen molar-refractivity contribution in [2.45, 2.75) is 20.8 Å². The van der Waals surface area contributed by atoms with Crippen molar-refractivity contribution in [3.05, 3.63) is 12.3 Å². The van der Waals surface area contributed by atoms with E-state index in [-0.39, 0.29) is 5.41 Å². The fourth-order valence-corrected chi connectivity index (χ4v) is 1.21. The first-order valence-electron chi connectivity index (χ1n) is 3.76. The van der Waals surface area contributed by atoms with E-state index in [0.717, 1.165) is 5.71 Å². The highest BCUT2D eigenvalue weighted by atomic mass is 14.7. The lowest BCUT2D eigenvalue weighted by molar-refractivity contribution is 0.365. The summed E-state index contributed by atoms with van der Waals surface area (Å²) >= 11 is 0. The summed E-state index contributed by atoms with van der Waals surface area (Å²) in [6.45, 7) is 6.50. The lowest BCUT2D eigenvalue weighted by Crippen LogP contribution is -2.23. The molecule has 0 bridgehead atoms. The fraction of sp³-hybridized carbons (Fsp3) is 0.500. The molecule has 1 heterocycles. The van der Waals surface area contributed by atoms with Gasteiger partial charge in [0.15, 0.2) is 0 Å². The van der Waals surface area contributed by atoms with Crippen LogP contribution in [0.3, 0.4) is 0 Å². The Morgan fingerprint density at radius 1 is 1.55 bits per heavy atom. The van der Waals surface area contributed by atoms with E-state index in [2.05, 4.69) is 37.8 Å². The molecule has 0 amide bonds. The Morgan fingerprint density at radius 2 is 2.18 bits per heavy atom. The van der Waals surface area contributed by atoms with Crippen LogP contribution in [-0.4, -0.2) is 5.71 Å². The van der Waals surface area contributed by atoms with E-state index in [0.29, 0.717) is 5.92 Å². The number of terminal acetylenes is 1. The Labute approximate surface area is 68.2 Å². The normalized spacial score (nSPS) is 23.1. The van der Waals surface area contributed by atoms with Crippen molar-refractivity contribution in [3.8, 4) is 12.3 Å². The number of aliphatic imine (C=N–C) groups is 1. The predicted molar refractivity (Wildman–Crippen MR) is 48.4 cm³/mol. The third-order valence-corrected chi connectivity index (χ3v) is 1.87. The van der Waals surface area contributed by atoms with Crippen LogP contribution in [0.1, 0.15) is 20.8 Å². The van der Waals surface area contributed by atoms with Gasteiger partial charge < -0.3 is 0 Å². The predicted octanol–water partition coefficient (Wildman–Crippen LogP) is 2.25. The van der Waals surface area contributed by atoms with Crippen LogP contribution in [0.15, 0.2) is 17.3 Å². The highest BCUT2D eigenvalue weighted by Crippen LogP contribution is 2.30. The van der Waals surface area contributed by atoms with Gasteiger partial charge in [-0.05, 0) is 5.41 Å². The molecule has 1 rings (SSSR count). The zero-order chi connectivity index (χ0) is 8.48. The van der Waals surface area contributed by atoms with Gasteiger partial charge in [-0.15, -0.1) is 6.42 Å². The first kappa shape index (κ1) is 8.07. The quantitative estimate of drug-likeness (QED) is 0.466. The summed E-state index contributed by atoms with van der Waals surface area (Å²) in [6.07, 6.45) is 9.16. The topological polar surface area (TPSA) is 12.4 Å². The van der Waals surface area contributed by atoms with E-state index < -0.39 is 0 Å². The maximum Gasteiger partial charge on any atom is 0.0970 e. The molecule has 0 radical (unpaired) electrons. The Morgan fingerprint density at radius 3 is 2.55 bits per heavy atom. The second kappa shape index (κ2) is 2.54. The van der Waals surface area contributed by atoms with Gasteiger partial charge in [0, 0.05) is 12.1 Å². The number of hydrogen-bond donors (Lipinski definition) is 0. The molecule has 0 aliphatic carbocycles. The zero-order valence-corrected chi connectivity index (χ0v) is 7.26. The summed E-state index contributed by atoms with van der Waals surface area (Å²) in [7, 11) is 0. The lowest BCUT2D eigenvalue weighted by Gasteiger charge is -2.24. The number of nitrogens with zero attached hydrogens (tertiary/aromatic N) is 1. The van der Waals surface area contributed by atoms with Crippen LogP contribution in [0.25, 0.3) is 0 Å². The average molecular weight is 147 g/mol. The molecule has 0 aromatic rings. The van der Waals surface area contributed by atoms with Crippen LogP contribution >= 0.6 is 0 Å². The van der Waals surface area contributed by atoms with Crippen LogP contribution in [-0.2, 0) is 0 Å². The van der Waals surface area contributed by atoms with Crippen molar-refractivity contribution >= 4 is 5.71 Å². The molecule has 1 unspecified atom stereocenters. The Hall–Kier alpha value is -1.03. The smallest absolute Gasteiger partial charge is 0.0970 e. The van der Waals surface area contributed by atoms with E-state index >= 15 is 0 Å². The monoisotopic (exact) mass is 147 g/mol. The number of rotatable bonds is 0. The molecule has 0 saturated heterocycles. The zero-order valence-electron chi connectivity index (χ0n) is 7.26. The molecule has 0 fully saturated rings. The van der Waals surface area contributed by atoms with Gasteiger partial charge in [0.1, 0.15) is 0 Å². The minimum Gasteiger partial charge on any atom is -0.252 e. The molecule has 1 heteroatoms. The molecule has 0 spiro atoms. The molecular formula is C10H13N. The molecule has 1 atom stereocenters. The summed E-state index contributed by atoms with van der Waals surface area (Å²) in [5, 5.41) is 0. The van der Waals surface area contributed by atoms with E-state index in [9.17, 15) is 0 Å². The highest BCUT2D eigenvalue weighted by Gasteiger charge is 2.27. The third kappa shape index (κ3) is 1.51. The number of hydrogen-bond acceptors (Lipinski definition) is 1. The maximum absolute atomic E-state index is 5.30. The van der Waals surface area contributed by atoms with Crippen LogP contribution in [0.4, 0.5) is 0 Å². The standard InChI is InChI=1S/C10H13N/c1-5-9-8(6-7-11-9)10(2,3)4/h1,6-8H,2-4H3. The average Bonchev–Trinajstić information content (AvgIpc) is 2.31. The van der Waals surface area contributed by atoms with Gasteiger partial charge in [0.2, 0.25) is 0 Å². The minimum atomic E-state index is 0.193. The molecule has 0 saturated carbocycles. The van der Waals surface area contributed by atoms with Crippen molar-refractivity contribution in [3.63, 3.8) is 0 Å². The largest absolute Gasteiger partial charge is 0.252 e. The van der Waals surface area contributed by atoms with Gasteiger partial charge in [-0.2, -0.15) is 0 Å². The third-order valence-electron chi connectivity index (χ3n) is 1.87. The molecule has 11 heavy (non-hydrogen) atoms. The van der Waals surface area contributed by atoms with Gasteiger partial charge >= 0.3 is 0 Å². The van der Waals surface area contributed by atoms with E-state index in [1.165, 1.54) is 0 Å². The van der Waals surface area contributed by atoms with Crippen molar-refractivity contribution in [2.75, 3.05) is 0 Å². The van der Waals surface area contributed by atoms with Crippen molar-refractivity contribution < 1.29 is 0 Å². The van der Waals surface area contributed by atoms with Crippen LogP contribution < -0.4 is 0 Å². The van der Waals surface area contributed by atoms with Gasteiger partial charge in [-0.3, -0.25) is 4.99 Å². The van der Waals surface area contributed by atoms with Crippen molar-refractivity contribution in [1.29, 1.82) is 0 Å². The van der Waals surface area contributed by atoms with Gasteiger partial charge in [0.25, 0.3) is 0 Å². The second-order valence-corrected chi connectivity index (χ2v) is 3.84. The Balaban J connectivity index is 2.86. The van der Waals surface area contributed by atoms with Gasteiger partial charge in [-0.1, -0.05) is 32.8 Å². The molecule has 1 nitrogen and oxygen atoms in total. The van der Waals surface area contributed by atoms with E-state index in [4.69, 9.17) is 6.42 Å². The highest BCUT2D eigenvalue weighted by molar-refractivity contribution is 6.04. The molecule has 58 valence electrons. The first-order chi connectivity index (χ1) is 5.05. The summed E-state index contributed by atoms with van der Waals surface area (Å²) in [5.74, 6) is 2.93. The molecular weight excluding hydrogens is 134 g/mol. The molecule has 0 aromatic heterocycles. The summed E-state index contributed by atoms with van der Waals surface area (Å²) in [5.41, 5.74) is 1.05. The fourth-order valence-electron chi connectivity index (χ4n) is 1.21. The van der Waals surface area contributed by atoms with Gasteiger partial charge in [0.05, 0.1) is 5.71 Å². The van der Waals surface area contributed by atoms with Crippen molar-refractivity contribution in [1.82, 2.24) is 0 Å². The minimum absolute atomic E-state index is 0.193. The summed E-state index contributed by atoms with van der Waals surface area (Å²) < 4.78 is 0. The van der Waals surface area contributed by atoms with Gasteiger partial charge in [-0.25, -0.2) is 0 Å². The Kier molecular flexibility index (Phi) is 1.87. The van der Waals surface area contributed by atoms with Crippen LogP contribution in [0, 0.1) is 23.7 Å². The Bertz CT molecular complexity index is 245. The van der Waals surface area contributed by atoms with E-state index in [1.54, 1.807) is 6.20 Å². The second-order valence-electron chi connectivity index (χ2n) is 3.84. The van der Waals surface area contributed by atoms with E-state index in [1.807, 2.05) is 0 Å². The molecule has 0 N–H and O–H groups in total. The van der Waals surface area contributed by atoms with Crippen LogP contribution in [0.5, 0.6) is 0 Å². The van der Waals surface area contributed by atoms with Crippen LogP contribution in [0.2, 0.25) is 0 Å². The van der Waals surface area contributed by atoms with Crippen molar-refractivity contribution in [2.24, 2.45) is 16.3 Å². The SMILES string of the molecule is C#CC1=NC=CC1C(C)(C)C. The molecule has 1 aliphatic rings.